The van der Waals surface area contributed by atoms with Crippen molar-refractivity contribution in [3.05, 3.63) is 30.2 Å². The lowest BCUT2D eigenvalue weighted by atomic mass is 10.0. The fraction of sp³-hybridized carbons (Fsp3) is 0.478. The molecule has 0 unspecified atom stereocenters. The summed E-state index contributed by atoms with van der Waals surface area (Å²) in [6.45, 7) is 0.746. The van der Waals surface area contributed by atoms with Crippen molar-refractivity contribution in [3.8, 4) is 11.3 Å². The van der Waals surface area contributed by atoms with Crippen molar-refractivity contribution in [1.29, 1.82) is 0 Å². The summed E-state index contributed by atoms with van der Waals surface area (Å²) in [4.78, 5) is 14.7. The molecule has 1 fully saturated rings. The van der Waals surface area contributed by atoms with Gasteiger partial charge in [0.25, 0.3) is 12.3 Å². The Hall–Kier alpha value is -3.48. The maximum absolute atomic E-state index is 14.8. The molecule has 5 rings (SSSR count). The van der Waals surface area contributed by atoms with Crippen LogP contribution < -0.4 is 10.6 Å². The highest BCUT2D eigenvalue weighted by atomic mass is 19.3. The van der Waals surface area contributed by atoms with Crippen molar-refractivity contribution < 1.29 is 21.7 Å². The molecule has 0 aromatic carbocycles. The lowest BCUT2D eigenvalue weighted by Gasteiger charge is -2.38. The first kappa shape index (κ1) is 20.7. The molecule has 4 aromatic rings. The summed E-state index contributed by atoms with van der Waals surface area (Å²) in [5.41, 5.74) is 1.66. The summed E-state index contributed by atoms with van der Waals surface area (Å²) in [6, 6.07) is 3.64. The highest BCUT2D eigenvalue weighted by molar-refractivity contribution is 5.89. The van der Waals surface area contributed by atoms with Gasteiger partial charge in [0, 0.05) is 29.4 Å². The van der Waals surface area contributed by atoms with Crippen molar-refractivity contribution in [1.82, 2.24) is 34.0 Å². The quantitative estimate of drug-likeness (QED) is 0.366. The van der Waals surface area contributed by atoms with Gasteiger partial charge >= 0.3 is 0 Å². The Morgan fingerprint density at radius 2 is 2.06 bits per heavy atom. The topological polar surface area (TPSA) is 88.2 Å². The third-order valence-corrected chi connectivity index (χ3v) is 6.44. The van der Waals surface area contributed by atoms with Crippen LogP contribution in [0.2, 0.25) is 0 Å². The van der Waals surface area contributed by atoms with E-state index in [1.54, 1.807) is 30.0 Å². The van der Waals surface area contributed by atoms with Gasteiger partial charge in [-0.05, 0) is 38.1 Å². The van der Waals surface area contributed by atoms with Gasteiger partial charge in [-0.15, -0.1) is 5.10 Å². The van der Waals surface area contributed by atoms with E-state index in [0.29, 0.717) is 35.7 Å². The van der Waals surface area contributed by atoms with Gasteiger partial charge in [-0.3, -0.25) is 4.90 Å². The monoisotopic (exact) mass is 508 g/mol. The van der Waals surface area contributed by atoms with Gasteiger partial charge in [0.1, 0.15) is 16.9 Å². The van der Waals surface area contributed by atoms with Crippen LogP contribution in [0.5, 0.6) is 0 Å². The number of aromatic nitrogens is 6. The van der Waals surface area contributed by atoms with E-state index in [-0.39, 0.29) is 29.4 Å². The number of alkyl halides is 4. The van der Waals surface area contributed by atoms with Crippen LogP contribution in [0.25, 0.3) is 27.9 Å². The van der Waals surface area contributed by atoms with Crippen LogP contribution in [-0.4, -0.2) is 79.0 Å². The van der Waals surface area contributed by atoms with E-state index in [1.807, 2.05) is 6.92 Å². The second-order valence-corrected chi connectivity index (χ2v) is 8.75. The Kier molecular flexibility index (Phi) is 5.28. The maximum Gasteiger partial charge on any atom is 0.280 e. The van der Waals surface area contributed by atoms with Crippen LogP contribution in [0.15, 0.2) is 24.4 Å². The molecule has 0 aliphatic carbocycles. The van der Waals surface area contributed by atoms with Crippen molar-refractivity contribution >= 4 is 28.4 Å². The minimum Gasteiger partial charge on any atom is -0.371 e. The number of pyridine rings is 1. The van der Waals surface area contributed by atoms with Crippen LogP contribution in [-0.2, 0) is 6.54 Å². The van der Waals surface area contributed by atoms with Crippen LogP contribution in [0.4, 0.5) is 29.3 Å². The average molecular weight is 509 g/mol. The summed E-state index contributed by atoms with van der Waals surface area (Å²) in [5, 5.41) is 9.37. The SMILES string of the molecule is [2H]C([2H])([2H])Nc1nc(N[C@@H]2CCN(CC)CC2(F)F)nn2ccc(-c3ccc4nc(C)n(CC(F)F)c4n3)c12. The van der Waals surface area contributed by atoms with E-state index in [2.05, 4.69) is 30.7 Å². The molecular formula is C23H27F4N9. The maximum atomic E-state index is 14.8. The van der Waals surface area contributed by atoms with Crippen LogP contribution in [0.3, 0.4) is 0 Å². The van der Waals surface area contributed by atoms with E-state index in [0.717, 1.165) is 0 Å². The molecule has 13 heteroatoms. The number of halogens is 4. The van der Waals surface area contributed by atoms with Gasteiger partial charge in [0.15, 0.2) is 11.5 Å². The number of hydrogen-bond acceptors (Lipinski definition) is 7. The fourth-order valence-corrected chi connectivity index (χ4v) is 4.61. The standard InChI is InChI=1S/C23H27F4N9/c1-4-34-9-8-17(23(26,27)12-34)31-22-32-20(28-3)19-14(7-10-36(19)33-22)15-5-6-16-21(30-15)35(11-18(24)25)13(2)29-16/h5-7,10,17-18H,4,8-9,11-12H2,1-3H3,(H2,28,31,32,33)/t17-/m1/s1/i3D3. The third kappa shape index (κ3) is 4.31. The van der Waals surface area contributed by atoms with E-state index >= 15 is 0 Å². The number of imidazole rings is 1. The number of nitrogens with zero attached hydrogens (tertiary/aromatic N) is 7. The predicted octanol–water partition coefficient (Wildman–Crippen LogP) is 3.90. The lowest BCUT2D eigenvalue weighted by molar-refractivity contribution is -0.0726. The molecule has 5 heterocycles. The van der Waals surface area contributed by atoms with Crippen LogP contribution in [0.1, 0.15) is 23.3 Å². The zero-order valence-electron chi connectivity index (χ0n) is 22.6. The minimum absolute atomic E-state index is 0.124. The number of aryl methyl sites for hydroxylation is 1. The molecular weight excluding hydrogens is 478 g/mol. The first-order valence-corrected chi connectivity index (χ1v) is 11.5. The van der Waals surface area contributed by atoms with Gasteiger partial charge in [-0.25, -0.2) is 32.0 Å². The van der Waals surface area contributed by atoms with E-state index in [9.17, 15) is 17.6 Å². The molecule has 2 N–H and O–H groups in total. The first-order valence-electron chi connectivity index (χ1n) is 13.0. The highest BCUT2D eigenvalue weighted by Crippen LogP contribution is 2.32. The summed E-state index contributed by atoms with van der Waals surface area (Å²) in [7, 11) is 0. The fourth-order valence-electron chi connectivity index (χ4n) is 4.61. The van der Waals surface area contributed by atoms with Crippen LogP contribution in [0, 0.1) is 6.92 Å². The van der Waals surface area contributed by atoms with Gasteiger partial charge in [0.05, 0.1) is 24.8 Å². The molecule has 36 heavy (non-hydrogen) atoms. The second kappa shape index (κ2) is 9.19. The molecule has 9 nitrogen and oxygen atoms in total. The molecule has 0 radical (unpaired) electrons. The molecule has 0 spiro atoms. The van der Waals surface area contributed by atoms with Crippen LogP contribution >= 0.6 is 0 Å². The Morgan fingerprint density at radius 1 is 1.22 bits per heavy atom. The Balaban J connectivity index is 1.57. The third-order valence-electron chi connectivity index (χ3n) is 6.44. The van der Waals surface area contributed by atoms with Gasteiger partial charge in [0.2, 0.25) is 5.95 Å². The average Bonchev–Trinajstić information content (AvgIpc) is 3.39. The predicted molar refractivity (Wildman–Crippen MR) is 129 cm³/mol. The van der Waals surface area contributed by atoms with Crippen molar-refractivity contribution in [2.24, 2.45) is 0 Å². The summed E-state index contributed by atoms with van der Waals surface area (Å²) < 4.78 is 81.8. The first-order chi connectivity index (χ1) is 18.3. The molecule has 1 atom stereocenters. The number of likely N-dealkylation sites (tertiary alicyclic amines) is 1. The Labute approximate surface area is 208 Å². The molecule has 0 saturated carbocycles. The number of anilines is 2. The Morgan fingerprint density at radius 3 is 2.78 bits per heavy atom. The lowest BCUT2D eigenvalue weighted by Crippen LogP contribution is -2.54. The normalized spacial score (nSPS) is 20.0. The number of rotatable bonds is 7. The molecule has 0 bridgehead atoms. The van der Waals surface area contributed by atoms with E-state index < -0.39 is 38.5 Å². The molecule has 1 saturated heterocycles. The molecule has 0 amide bonds. The number of piperidine rings is 1. The van der Waals surface area contributed by atoms with Gasteiger partial charge in [-0.1, -0.05) is 6.92 Å². The van der Waals surface area contributed by atoms with Gasteiger partial charge < -0.3 is 15.2 Å². The molecule has 1 aliphatic heterocycles. The number of nitrogens with one attached hydrogen (secondary N) is 2. The number of hydrogen-bond donors (Lipinski definition) is 2. The Bertz CT molecular complexity index is 1500. The zero-order chi connectivity index (χ0) is 28.1. The van der Waals surface area contributed by atoms with Crippen molar-refractivity contribution in [2.75, 3.05) is 37.2 Å². The molecule has 4 aromatic heterocycles. The molecule has 1 aliphatic rings. The summed E-state index contributed by atoms with van der Waals surface area (Å²) >= 11 is 0. The smallest absolute Gasteiger partial charge is 0.280 e. The highest BCUT2D eigenvalue weighted by Gasteiger charge is 2.44. The number of fused-ring (bicyclic) bond motifs is 2. The van der Waals surface area contributed by atoms with E-state index in [1.165, 1.54) is 15.3 Å². The summed E-state index contributed by atoms with van der Waals surface area (Å²) in [6.07, 6.45) is -0.942. The summed E-state index contributed by atoms with van der Waals surface area (Å²) in [5.74, 6) is -2.96. The van der Waals surface area contributed by atoms with Crippen molar-refractivity contribution in [2.45, 2.75) is 45.2 Å². The van der Waals surface area contributed by atoms with E-state index in [4.69, 9.17) is 4.11 Å². The van der Waals surface area contributed by atoms with Crippen molar-refractivity contribution in [3.63, 3.8) is 0 Å². The second-order valence-electron chi connectivity index (χ2n) is 8.75. The largest absolute Gasteiger partial charge is 0.371 e. The molecule has 192 valence electrons. The minimum atomic E-state index is -3.05. The van der Waals surface area contributed by atoms with Gasteiger partial charge in [-0.2, -0.15) is 4.98 Å². The zero-order valence-corrected chi connectivity index (χ0v) is 19.6.